The first-order chi connectivity index (χ1) is 11.3. The van der Waals surface area contributed by atoms with Gasteiger partial charge in [-0.1, -0.05) is 43.0 Å². The molecule has 2 fully saturated rings. The fourth-order valence-corrected chi connectivity index (χ4v) is 4.68. The quantitative estimate of drug-likeness (QED) is 0.690. The molecule has 2 aliphatic rings. The highest BCUT2D eigenvalue weighted by atomic mass is 35.5. The lowest BCUT2D eigenvalue weighted by molar-refractivity contribution is 0.164. The Bertz CT molecular complexity index is 484. The van der Waals surface area contributed by atoms with Crippen molar-refractivity contribution >= 4 is 36.4 Å². The average molecular weight is 408 g/mol. The third-order valence-corrected chi connectivity index (χ3v) is 6.18. The van der Waals surface area contributed by atoms with Crippen LogP contribution in [0.1, 0.15) is 56.4 Å². The molecule has 144 valence electrons. The zero-order valence-electron chi connectivity index (χ0n) is 15.3. The zero-order valence-corrected chi connectivity index (χ0v) is 17.6. The lowest BCUT2D eigenvalue weighted by Gasteiger charge is -2.38. The molecule has 1 aliphatic heterocycles. The second-order valence-electron chi connectivity index (χ2n) is 7.42. The largest absolute Gasteiger partial charge is 0.317 e. The van der Waals surface area contributed by atoms with Crippen molar-refractivity contribution in [2.45, 2.75) is 56.9 Å². The number of halogens is 3. The number of piperidine rings is 1. The van der Waals surface area contributed by atoms with Crippen LogP contribution in [0, 0.1) is 5.92 Å². The standard InChI is InChI=1S/C20H31ClN2.2ClH/c1-22-19-10-12-23(13-11-19)15-20(16-6-3-2-4-7-16)17-8-5-9-18(21)14-17;;/h5,8-9,14,16,19-20,22H,2-4,6-7,10-13,15H2,1H3;2*1H. The number of nitrogens with zero attached hydrogens (tertiary/aromatic N) is 1. The van der Waals surface area contributed by atoms with E-state index >= 15 is 0 Å². The van der Waals surface area contributed by atoms with Gasteiger partial charge >= 0.3 is 0 Å². The Kier molecular flexibility index (Phi) is 10.8. The molecule has 3 rings (SSSR count). The van der Waals surface area contributed by atoms with Crippen LogP contribution in [-0.2, 0) is 0 Å². The minimum absolute atomic E-state index is 0. The van der Waals surface area contributed by atoms with Crippen LogP contribution in [0.4, 0.5) is 0 Å². The van der Waals surface area contributed by atoms with Crippen molar-refractivity contribution in [2.75, 3.05) is 26.7 Å². The Morgan fingerprint density at radius 2 is 1.76 bits per heavy atom. The fraction of sp³-hybridized carbons (Fsp3) is 0.700. The van der Waals surface area contributed by atoms with Crippen molar-refractivity contribution in [3.05, 3.63) is 34.9 Å². The number of benzene rings is 1. The molecule has 0 amide bonds. The lowest BCUT2D eigenvalue weighted by Crippen LogP contribution is -2.43. The molecular formula is C20H33Cl3N2. The molecule has 0 spiro atoms. The smallest absolute Gasteiger partial charge is 0.0408 e. The van der Waals surface area contributed by atoms with Crippen LogP contribution >= 0.6 is 36.4 Å². The van der Waals surface area contributed by atoms with Crippen LogP contribution in [0.2, 0.25) is 5.02 Å². The minimum atomic E-state index is 0. The monoisotopic (exact) mass is 406 g/mol. The maximum Gasteiger partial charge on any atom is 0.0408 e. The highest BCUT2D eigenvalue weighted by Crippen LogP contribution is 2.37. The molecule has 1 aliphatic carbocycles. The molecule has 1 atom stereocenters. The molecule has 1 aromatic rings. The van der Waals surface area contributed by atoms with Crippen LogP contribution in [0.25, 0.3) is 0 Å². The van der Waals surface area contributed by atoms with Gasteiger partial charge in [0.05, 0.1) is 0 Å². The van der Waals surface area contributed by atoms with Gasteiger partial charge in [0.25, 0.3) is 0 Å². The second kappa shape index (κ2) is 11.7. The van der Waals surface area contributed by atoms with E-state index in [4.69, 9.17) is 11.6 Å². The maximum absolute atomic E-state index is 6.29. The first-order valence-electron chi connectivity index (χ1n) is 9.41. The van der Waals surface area contributed by atoms with E-state index in [1.807, 2.05) is 6.07 Å². The molecule has 1 N–H and O–H groups in total. The summed E-state index contributed by atoms with van der Waals surface area (Å²) in [7, 11) is 2.09. The van der Waals surface area contributed by atoms with Crippen LogP contribution in [0.5, 0.6) is 0 Å². The number of likely N-dealkylation sites (tertiary alicyclic amines) is 1. The molecular weight excluding hydrogens is 375 g/mol. The molecule has 0 radical (unpaired) electrons. The summed E-state index contributed by atoms with van der Waals surface area (Å²) < 4.78 is 0. The van der Waals surface area contributed by atoms with E-state index in [9.17, 15) is 0 Å². The van der Waals surface area contributed by atoms with Gasteiger partial charge in [-0.15, -0.1) is 24.8 Å². The van der Waals surface area contributed by atoms with Gasteiger partial charge in [-0.25, -0.2) is 0 Å². The highest BCUT2D eigenvalue weighted by Gasteiger charge is 2.28. The van der Waals surface area contributed by atoms with E-state index in [1.54, 1.807) is 0 Å². The summed E-state index contributed by atoms with van der Waals surface area (Å²) in [5.41, 5.74) is 1.46. The number of rotatable bonds is 5. The SMILES string of the molecule is CNC1CCN(CC(c2cccc(Cl)c2)C2CCCCC2)CC1.Cl.Cl. The summed E-state index contributed by atoms with van der Waals surface area (Å²) in [6.45, 7) is 3.67. The highest BCUT2D eigenvalue weighted by molar-refractivity contribution is 6.30. The van der Waals surface area contributed by atoms with Crippen LogP contribution in [0.3, 0.4) is 0 Å². The Morgan fingerprint density at radius 3 is 2.36 bits per heavy atom. The van der Waals surface area contributed by atoms with Gasteiger partial charge in [-0.3, -0.25) is 0 Å². The zero-order chi connectivity index (χ0) is 16.1. The Labute approximate surface area is 170 Å². The summed E-state index contributed by atoms with van der Waals surface area (Å²) in [5.74, 6) is 1.49. The van der Waals surface area contributed by atoms with E-state index in [2.05, 4.69) is 35.5 Å². The van der Waals surface area contributed by atoms with Gasteiger partial charge in [0.15, 0.2) is 0 Å². The fourth-order valence-electron chi connectivity index (χ4n) is 4.48. The van der Waals surface area contributed by atoms with E-state index in [-0.39, 0.29) is 24.8 Å². The lowest BCUT2D eigenvalue weighted by atomic mass is 9.76. The van der Waals surface area contributed by atoms with Gasteiger partial charge in [0.1, 0.15) is 0 Å². The molecule has 1 aromatic carbocycles. The molecule has 0 bridgehead atoms. The van der Waals surface area contributed by atoms with E-state index in [0.29, 0.717) is 12.0 Å². The molecule has 5 heteroatoms. The molecule has 2 nitrogen and oxygen atoms in total. The molecule has 1 saturated carbocycles. The molecule has 1 heterocycles. The third kappa shape index (κ3) is 6.59. The van der Waals surface area contributed by atoms with Gasteiger partial charge in [0.2, 0.25) is 0 Å². The van der Waals surface area contributed by atoms with Gasteiger partial charge in [-0.2, -0.15) is 0 Å². The minimum Gasteiger partial charge on any atom is -0.317 e. The van der Waals surface area contributed by atoms with Crippen molar-refractivity contribution in [3.63, 3.8) is 0 Å². The Balaban J connectivity index is 0.00000156. The summed E-state index contributed by atoms with van der Waals surface area (Å²) in [6, 6.07) is 9.35. The number of nitrogens with one attached hydrogen (secondary N) is 1. The summed E-state index contributed by atoms with van der Waals surface area (Å²) in [6.07, 6.45) is 9.58. The number of hydrogen-bond donors (Lipinski definition) is 1. The first-order valence-corrected chi connectivity index (χ1v) is 9.79. The van der Waals surface area contributed by atoms with Crippen molar-refractivity contribution < 1.29 is 0 Å². The van der Waals surface area contributed by atoms with Crippen LogP contribution in [0.15, 0.2) is 24.3 Å². The van der Waals surface area contributed by atoms with Gasteiger partial charge in [0, 0.05) is 17.6 Å². The van der Waals surface area contributed by atoms with Gasteiger partial charge < -0.3 is 10.2 Å². The van der Waals surface area contributed by atoms with Crippen LogP contribution in [-0.4, -0.2) is 37.6 Å². The van der Waals surface area contributed by atoms with E-state index < -0.39 is 0 Å². The predicted octanol–water partition coefficient (Wildman–Crippen LogP) is 5.53. The Morgan fingerprint density at radius 1 is 1.08 bits per heavy atom. The van der Waals surface area contributed by atoms with E-state index in [1.165, 1.54) is 70.1 Å². The average Bonchev–Trinajstić information content (AvgIpc) is 2.61. The third-order valence-electron chi connectivity index (χ3n) is 5.95. The van der Waals surface area contributed by atoms with Crippen molar-refractivity contribution in [2.24, 2.45) is 5.92 Å². The molecule has 0 aromatic heterocycles. The van der Waals surface area contributed by atoms with E-state index in [0.717, 1.165) is 10.9 Å². The van der Waals surface area contributed by atoms with Crippen molar-refractivity contribution in [3.8, 4) is 0 Å². The summed E-state index contributed by atoms with van der Waals surface area (Å²) >= 11 is 6.29. The number of hydrogen-bond acceptors (Lipinski definition) is 2. The predicted molar refractivity (Wildman–Crippen MR) is 114 cm³/mol. The van der Waals surface area contributed by atoms with Crippen molar-refractivity contribution in [1.29, 1.82) is 0 Å². The van der Waals surface area contributed by atoms with Crippen LogP contribution < -0.4 is 5.32 Å². The maximum atomic E-state index is 6.29. The molecule has 1 unspecified atom stereocenters. The Hall–Kier alpha value is 0.01000. The molecule has 25 heavy (non-hydrogen) atoms. The topological polar surface area (TPSA) is 15.3 Å². The molecule has 1 saturated heterocycles. The normalized spacial score (nSPS) is 21.2. The second-order valence-corrected chi connectivity index (χ2v) is 7.86. The summed E-state index contributed by atoms with van der Waals surface area (Å²) in [4.78, 5) is 2.69. The first kappa shape index (κ1) is 23.0. The van der Waals surface area contributed by atoms with Gasteiger partial charge in [-0.05, 0) is 75.4 Å². The van der Waals surface area contributed by atoms with Crippen molar-refractivity contribution in [1.82, 2.24) is 10.2 Å². The summed E-state index contributed by atoms with van der Waals surface area (Å²) in [5, 5.41) is 4.32.